The number of carbonyl (C=O) groups is 1. The zero-order chi connectivity index (χ0) is 12.1. The van der Waals surface area contributed by atoms with Gasteiger partial charge in [0.2, 0.25) is 0 Å². The average molecular weight is 224 g/mol. The Morgan fingerprint density at radius 3 is 2.81 bits per heavy atom. The predicted molar refractivity (Wildman–Crippen MR) is 61.5 cm³/mol. The maximum Gasteiger partial charge on any atom is 0.253 e. The minimum atomic E-state index is -0.512. The number of methoxy groups -OCH3 is 1. The van der Waals surface area contributed by atoms with Gasteiger partial charge >= 0.3 is 0 Å². The second-order valence-electron chi connectivity index (χ2n) is 3.41. The molecule has 1 aromatic rings. The fourth-order valence-electron chi connectivity index (χ4n) is 1.20. The molecule has 1 aromatic heterocycles. The summed E-state index contributed by atoms with van der Waals surface area (Å²) in [5.74, 6) is -0.233. The minimum absolute atomic E-state index is 0.0831. The molecule has 0 aromatic carbocycles. The molecular weight excluding hydrogens is 208 g/mol. The van der Waals surface area contributed by atoms with Gasteiger partial charge in [0.05, 0.1) is 5.69 Å². The van der Waals surface area contributed by atoms with Gasteiger partial charge in [-0.15, -0.1) is 0 Å². The van der Waals surface area contributed by atoms with Crippen LogP contribution >= 0.6 is 0 Å². The number of pyridine rings is 1. The molecule has 1 N–H and O–H groups in total. The van der Waals surface area contributed by atoms with Crippen molar-refractivity contribution in [2.75, 3.05) is 12.4 Å². The lowest BCUT2D eigenvalue weighted by Gasteiger charge is -2.11. The van der Waals surface area contributed by atoms with E-state index in [0.717, 1.165) is 0 Å². The summed E-state index contributed by atoms with van der Waals surface area (Å²) in [4.78, 5) is 22.8. The van der Waals surface area contributed by atoms with Gasteiger partial charge in [0.15, 0.2) is 0 Å². The van der Waals surface area contributed by atoms with Crippen molar-refractivity contribution in [3.63, 3.8) is 0 Å². The van der Waals surface area contributed by atoms with Crippen LogP contribution in [0.25, 0.3) is 0 Å². The number of anilines is 1. The number of hydrogen-bond donors (Lipinski definition) is 1. The number of nitrogens with one attached hydrogen (secondary N) is 1. The molecule has 0 saturated heterocycles. The normalized spacial score (nSPS) is 12.2. The van der Waals surface area contributed by atoms with Gasteiger partial charge in [0.1, 0.15) is 6.10 Å². The lowest BCUT2D eigenvalue weighted by atomic mass is 10.3. The molecule has 1 rings (SSSR count). The molecule has 1 unspecified atom stereocenters. The summed E-state index contributed by atoms with van der Waals surface area (Å²) in [6, 6.07) is 3.01. The first-order valence-corrected chi connectivity index (χ1v) is 5.12. The molecule has 1 atom stereocenters. The SMILES string of the molecule is CCn1cc(NC(=O)C(C)OC)ccc1=O. The largest absolute Gasteiger partial charge is 0.372 e. The highest BCUT2D eigenvalue weighted by atomic mass is 16.5. The zero-order valence-corrected chi connectivity index (χ0v) is 9.69. The van der Waals surface area contributed by atoms with Gasteiger partial charge in [-0.25, -0.2) is 0 Å². The van der Waals surface area contributed by atoms with Crippen LogP contribution in [-0.2, 0) is 16.1 Å². The molecule has 0 fully saturated rings. The highest BCUT2D eigenvalue weighted by Gasteiger charge is 2.11. The van der Waals surface area contributed by atoms with Crippen molar-refractivity contribution in [1.82, 2.24) is 4.57 Å². The van der Waals surface area contributed by atoms with Crippen LogP contribution in [0.4, 0.5) is 5.69 Å². The first-order valence-electron chi connectivity index (χ1n) is 5.12. The number of ether oxygens (including phenoxy) is 1. The van der Waals surface area contributed by atoms with Crippen LogP contribution in [0.15, 0.2) is 23.1 Å². The second-order valence-corrected chi connectivity index (χ2v) is 3.41. The Bertz CT molecular complexity index is 425. The quantitative estimate of drug-likeness (QED) is 0.824. The fourth-order valence-corrected chi connectivity index (χ4v) is 1.20. The van der Waals surface area contributed by atoms with E-state index in [1.165, 1.54) is 17.7 Å². The Labute approximate surface area is 94.0 Å². The average Bonchev–Trinajstić information content (AvgIpc) is 2.30. The summed E-state index contributed by atoms with van der Waals surface area (Å²) in [5.41, 5.74) is 0.510. The molecular formula is C11H16N2O3. The molecule has 0 spiro atoms. The van der Waals surface area contributed by atoms with E-state index in [0.29, 0.717) is 12.2 Å². The molecule has 0 aliphatic carbocycles. The first-order chi connectivity index (χ1) is 7.58. The van der Waals surface area contributed by atoms with E-state index in [4.69, 9.17) is 4.74 Å². The third-order valence-electron chi connectivity index (χ3n) is 2.31. The molecule has 5 heteroatoms. The molecule has 0 saturated carbocycles. The third kappa shape index (κ3) is 2.93. The van der Waals surface area contributed by atoms with Crippen molar-refractivity contribution >= 4 is 11.6 Å². The first kappa shape index (κ1) is 12.4. The monoisotopic (exact) mass is 224 g/mol. The number of rotatable bonds is 4. The third-order valence-corrected chi connectivity index (χ3v) is 2.31. The lowest BCUT2D eigenvalue weighted by molar-refractivity contribution is -0.124. The second kappa shape index (κ2) is 5.46. The van der Waals surface area contributed by atoms with Crippen LogP contribution in [0.1, 0.15) is 13.8 Å². The van der Waals surface area contributed by atoms with Gasteiger partial charge in [0, 0.05) is 25.9 Å². The Hall–Kier alpha value is -1.62. The number of carbonyl (C=O) groups excluding carboxylic acids is 1. The number of nitrogens with zero attached hydrogens (tertiary/aromatic N) is 1. The van der Waals surface area contributed by atoms with Gasteiger partial charge < -0.3 is 14.6 Å². The Morgan fingerprint density at radius 1 is 1.56 bits per heavy atom. The Kier molecular flexibility index (Phi) is 4.25. The summed E-state index contributed by atoms with van der Waals surface area (Å²) >= 11 is 0. The standard InChI is InChI=1S/C11H16N2O3/c1-4-13-7-9(5-6-10(13)14)12-11(15)8(2)16-3/h5-8H,4H2,1-3H3,(H,12,15). The van der Waals surface area contributed by atoms with Crippen LogP contribution in [0, 0.1) is 0 Å². The molecule has 0 radical (unpaired) electrons. The molecule has 0 aliphatic heterocycles. The molecule has 1 heterocycles. The van der Waals surface area contributed by atoms with Gasteiger partial charge in [-0.05, 0) is 19.9 Å². The highest BCUT2D eigenvalue weighted by molar-refractivity contribution is 5.93. The predicted octanol–water partition coefficient (Wildman–Crippen LogP) is 0.842. The number of amides is 1. The van der Waals surface area contributed by atoms with E-state index < -0.39 is 6.10 Å². The summed E-state index contributed by atoms with van der Waals surface area (Å²) in [7, 11) is 1.47. The number of aryl methyl sites for hydroxylation is 1. The van der Waals surface area contributed by atoms with Gasteiger partial charge in [-0.3, -0.25) is 9.59 Å². The molecule has 16 heavy (non-hydrogen) atoms. The summed E-state index contributed by atoms with van der Waals surface area (Å²) in [6.45, 7) is 4.10. The Morgan fingerprint density at radius 2 is 2.25 bits per heavy atom. The van der Waals surface area contributed by atoms with Crippen LogP contribution in [0.2, 0.25) is 0 Å². The van der Waals surface area contributed by atoms with E-state index in [1.54, 1.807) is 19.2 Å². The van der Waals surface area contributed by atoms with Crippen molar-refractivity contribution in [2.45, 2.75) is 26.5 Å². The smallest absolute Gasteiger partial charge is 0.253 e. The summed E-state index contributed by atoms with van der Waals surface area (Å²) < 4.78 is 6.40. The summed E-state index contributed by atoms with van der Waals surface area (Å²) in [6.07, 6.45) is 1.10. The molecule has 5 nitrogen and oxygen atoms in total. The molecule has 0 bridgehead atoms. The van der Waals surface area contributed by atoms with Gasteiger partial charge in [-0.1, -0.05) is 0 Å². The van der Waals surface area contributed by atoms with E-state index in [-0.39, 0.29) is 11.5 Å². The minimum Gasteiger partial charge on any atom is -0.372 e. The van der Waals surface area contributed by atoms with Gasteiger partial charge in [0.25, 0.3) is 11.5 Å². The van der Waals surface area contributed by atoms with Crippen molar-refractivity contribution in [2.24, 2.45) is 0 Å². The van der Waals surface area contributed by atoms with Gasteiger partial charge in [-0.2, -0.15) is 0 Å². The van der Waals surface area contributed by atoms with Crippen LogP contribution < -0.4 is 10.9 Å². The molecule has 1 amide bonds. The molecule has 0 aliphatic rings. The molecule has 88 valence electrons. The van der Waals surface area contributed by atoms with Crippen LogP contribution in [-0.4, -0.2) is 23.7 Å². The van der Waals surface area contributed by atoms with Crippen LogP contribution in [0.3, 0.4) is 0 Å². The van der Waals surface area contributed by atoms with E-state index >= 15 is 0 Å². The topological polar surface area (TPSA) is 60.3 Å². The number of hydrogen-bond acceptors (Lipinski definition) is 3. The maximum absolute atomic E-state index is 11.5. The van der Waals surface area contributed by atoms with E-state index in [1.807, 2.05) is 6.92 Å². The van der Waals surface area contributed by atoms with Crippen LogP contribution in [0.5, 0.6) is 0 Å². The zero-order valence-electron chi connectivity index (χ0n) is 9.69. The van der Waals surface area contributed by atoms with E-state index in [9.17, 15) is 9.59 Å². The maximum atomic E-state index is 11.5. The number of aromatic nitrogens is 1. The van der Waals surface area contributed by atoms with Crippen molar-refractivity contribution < 1.29 is 9.53 Å². The Balaban J connectivity index is 2.82. The fraction of sp³-hybridized carbons (Fsp3) is 0.455. The van der Waals surface area contributed by atoms with E-state index in [2.05, 4.69) is 5.32 Å². The van der Waals surface area contributed by atoms with Crippen molar-refractivity contribution in [3.8, 4) is 0 Å². The highest BCUT2D eigenvalue weighted by Crippen LogP contribution is 2.04. The van der Waals surface area contributed by atoms with Crippen molar-refractivity contribution in [3.05, 3.63) is 28.7 Å². The lowest BCUT2D eigenvalue weighted by Crippen LogP contribution is -2.27. The van der Waals surface area contributed by atoms with Crippen molar-refractivity contribution in [1.29, 1.82) is 0 Å². The summed E-state index contributed by atoms with van der Waals surface area (Å²) in [5, 5.41) is 2.67.